The smallest absolute Gasteiger partial charge is 0.358 e. The van der Waals surface area contributed by atoms with Crippen LogP contribution in [0.2, 0.25) is 0 Å². The molecule has 0 bridgehead atoms. The third-order valence-corrected chi connectivity index (χ3v) is 2.24. The molecule has 7 nitrogen and oxygen atoms in total. The van der Waals surface area contributed by atoms with Crippen molar-refractivity contribution in [2.24, 2.45) is 10.2 Å². The molecule has 0 saturated carbocycles. The SMILES string of the molecule is C/N=N/c1c(C(=O)O)nn(-c2ccccc2)c1O. The van der Waals surface area contributed by atoms with E-state index in [1.54, 1.807) is 30.3 Å². The van der Waals surface area contributed by atoms with Gasteiger partial charge in [-0.15, -0.1) is 5.11 Å². The number of rotatable bonds is 3. The van der Waals surface area contributed by atoms with E-state index in [1.807, 2.05) is 0 Å². The van der Waals surface area contributed by atoms with Crippen LogP contribution in [0.15, 0.2) is 40.6 Å². The van der Waals surface area contributed by atoms with Crippen LogP contribution in [0.1, 0.15) is 10.5 Å². The Morgan fingerprint density at radius 1 is 1.33 bits per heavy atom. The lowest BCUT2D eigenvalue weighted by molar-refractivity contribution is 0.0691. The summed E-state index contributed by atoms with van der Waals surface area (Å²) in [5, 5.41) is 29.8. The number of benzene rings is 1. The lowest BCUT2D eigenvalue weighted by Crippen LogP contribution is -2.01. The van der Waals surface area contributed by atoms with E-state index in [9.17, 15) is 9.90 Å². The minimum atomic E-state index is -1.28. The zero-order chi connectivity index (χ0) is 13.1. The predicted octanol–water partition coefficient (Wildman–Crippen LogP) is 1.99. The normalized spacial score (nSPS) is 10.9. The van der Waals surface area contributed by atoms with Gasteiger partial charge in [-0.1, -0.05) is 18.2 Å². The molecule has 0 aliphatic rings. The standard InChI is InChI=1S/C11H10N4O3/c1-12-13-8-9(11(17)18)14-15(10(8)16)7-5-3-2-4-6-7/h2-6,16H,1H3,(H,17,18)/b13-12+. The molecule has 2 rings (SSSR count). The van der Waals surface area contributed by atoms with Crippen LogP contribution in [0.3, 0.4) is 0 Å². The maximum atomic E-state index is 11.0. The summed E-state index contributed by atoms with van der Waals surface area (Å²) in [5.41, 5.74) is 0.0332. The van der Waals surface area contributed by atoms with Gasteiger partial charge < -0.3 is 10.2 Å². The van der Waals surface area contributed by atoms with E-state index in [0.717, 1.165) is 4.68 Å². The number of hydrogen-bond acceptors (Lipinski definition) is 5. The van der Waals surface area contributed by atoms with Gasteiger partial charge in [0.25, 0.3) is 0 Å². The molecule has 0 aliphatic heterocycles. The van der Waals surface area contributed by atoms with Crippen molar-refractivity contribution in [2.45, 2.75) is 0 Å². The van der Waals surface area contributed by atoms with Gasteiger partial charge in [0, 0.05) is 7.05 Å². The zero-order valence-corrected chi connectivity index (χ0v) is 9.48. The van der Waals surface area contributed by atoms with Crippen LogP contribution in [-0.2, 0) is 0 Å². The molecule has 2 N–H and O–H groups in total. The summed E-state index contributed by atoms with van der Waals surface area (Å²) in [7, 11) is 1.38. The Hall–Kier alpha value is -2.70. The molecule has 0 fully saturated rings. The minimum Gasteiger partial charge on any atom is -0.492 e. The highest BCUT2D eigenvalue weighted by Gasteiger charge is 2.23. The molecule has 92 valence electrons. The Balaban J connectivity index is 2.64. The van der Waals surface area contributed by atoms with Gasteiger partial charge in [-0.2, -0.15) is 14.9 Å². The Morgan fingerprint density at radius 2 is 2.00 bits per heavy atom. The Bertz CT molecular complexity index is 604. The van der Waals surface area contributed by atoms with E-state index in [2.05, 4.69) is 15.3 Å². The summed E-state index contributed by atoms with van der Waals surface area (Å²) < 4.78 is 1.10. The molecular formula is C11H10N4O3. The first kappa shape index (κ1) is 11.8. The van der Waals surface area contributed by atoms with Crippen LogP contribution in [0.25, 0.3) is 5.69 Å². The summed E-state index contributed by atoms with van der Waals surface area (Å²) in [4.78, 5) is 11.0. The second-order valence-electron chi connectivity index (χ2n) is 3.37. The molecule has 0 atom stereocenters. The third-order valence-electron chi connectivity index (χ3n) is 2.24. The summed E-state index contributed by atoms with van der Waals surface area (Å²) in [6.45, 7) is 0. The highest BCUT2D eigenvalue weighted by atomic mass is 16.4. The van der Waals surface area contributed by atoms with Crippen molar-refractivity contribution in [1.29, 1.82) is 0 Å². The van der Waals surface area contributed by atoms with Crippen molar-refractivity contribution < 1.29 is 15.0 Å². The maximum absolute atomic E-state index is 11.0. The monoisotopic (exact) mass is 246 g/mol. The first-order valence-electron chi connectivity index (χ1n) is 5.05. The zero-order valence-electron chi connectivity index (χ0n) is 9.48. The first-order chi connectivity index (χ1) is 8.65. The first-order valence-corrected chi connectivity index (χ1v) is 5.05. The molecule has 0 aliphatic carbocycles. The average molecular weight is 246 g/mol. The summed E-state index contributed by atoms with van der Waals surface area (Å²) >= 11 is 0. The van der Waals surface area contributed by atoms with Crippen molar-refractivity contribution in [3.63, 3.8) is 0 Å². The molecule has 1 heterocycles. The highest BCUT2D eigenvalue weighted by Crippen LogP contribution is 2.32. The highest BCUT2D eigenvalue weighted by molar-refractivity contribution is 5.92. The van der Waals surface area contributed by atoms with Crippen molar-refractivity contribution in [1.82, 2.24) is 9.78 Å². The van der Waals surface area contributed by atoms with E-state index in [-0.39, 0.29) is 17.3 Å². The van der Waals surface area contributed by atoms with E-state index in [0.29, 0.717) is 5.69 Å². The van der Waals surface area contributed by atoms with Gasteiger partial charge in [0.05, 0.1) is 5.69 Å². The molecule has 0 unspecified atom stereocenters. The third kappa shape index (κ3) is 1.93. The quantitative estimate of drug-likeness (QED) is 0.808. The van der Waals surface area contributed by atoms with Crippen molar-refractivity contribution in [2.75, 3.05) is 7.05 Å². The van der Waals surface area contributed by atoms with Crippen LogP contribution in [0, 0.1) is 0 Å². The van der Waals surface area contributed by atoms with Gasteiger partial charge in [0.2, 0.25) is 11.6 Å². The van der Waals surface area contributed by atoms with E-state index < -0.39 is 5.97 Å². The van der Waals surface area contributed by atoms with Crippen LogP contribution in [0.5, 0.6) is 5.88 Å². The number of hydrogen-bond donors (Lipinski definition) is 2. The molecule has 1 aromatic heterocycles. The lowest BCUT2D eigenvalue weighted by Gasteiger charge is -2.01. The number of aromatic hydroxyl groups is 1. The molecule has 0 saturated heterocycles. The maximum Gasteiger partial charge on any atom is 0.358 e. The fourth-order valence-electron chi connectivity index (χ4n) is 1.49. The number of azo groups is 1. The molecule has 0 amide bonds. The van der Waals surface area contributed by atoms with Gasteiger partial charge in [0.15, 0.2) is 5.69 Å². The minimum absolute atomic E-state index is 0.158. The van der Waals surface area contributed by atoms with Gasteiger partial charge in [-0.25, -0.2) is 4.79 Å². The second-order valence-corrected chi connectivity index (χ2v) is 3.37. The van der Waals surface area contributed by atoms with Crippen LogP contribution in [0.4, 0.5) is 5.69 Å². The van der Waals surface area contributed by atoms with Crippen molar-refractivity contribution in [3.05, 3.63) is 36.0 Å². The Kier molecular flexibility index (Phi) is 3.05. The number of nitrogens with zero attached hydrogens (tertiary/aromatic N) is 4. The average Bonchev–Trinajstić information content (AvgIpc) is 2.69. The van der Waals surface area contributed by atoms with E-state index >= 15 is 0 Å². The fourth-order valence-corrected chi connectivity index (χ4v) is 1.49. The lowest BCUT2D eigenvalue weighted by atomic mass is 10.3. The topological polar surface area (TPSA) is 100 Å². The van der Waals surface area contributed by atoms with Gasteiger partial charge in [0.1, 0.15) is 0 Å². The Labute approximate surface area is 102 Å². The number of para-hydroxylation sites is 1. The summed E-state index contributed by atoms with van der Waals surface area (Å²) in [6.07, 6.45) is 0. The molecule has 0 radical (unpaired) electrons. The van der Waals surface area contributed by atoms with Gasteiger partial charge >= 0.3 is 5.97 Å². The number of carbonyl (C=O) groups is 1. The van der Waals surface area contributed by atoms with E-state index in [1.165, 1.54) is 7.05 Å². The second kappa shape index (κ2) is 4.66. The largest absolute Gasteiger partial charge is 0.492 e. The number of aromatic carboxylic acids is 1. The number of aromatic nitrogens is 2. The van der Waals surface area contributed by atoms with Crippen molar-refractivity contribution in [3.8, 4) is 11.6 Å². The molecule has 18 heavy (non-hydrogen) atoms. The number of carboxylic acids is 1. The Morgan fingerprint density at radius 3 is 2.56 bits per heavy atom. The van der Waals surface area contributed by atoms with Crippen LogP contribution < -0.4 is 0 Å². The molecule has 2 aromatic rings. The molecule has 1 aromatic carbocycles. The van der Waals surface area contributed by atoms with Gasteiger partial charge in [-0.3, -0.25) is 0 Å². The predicted molar refractivity (Wildman–Crippen MR) is 62.6 cm³/mol. The number of carboxylic acid groups (broad SMARTS) is 1. The van der Waals surface area contributed by atoms with Crippen LogP contribution in [-0.4, -0.2) is 33.0 Å². The fraction of sp³-hybridized carbons (Fsp3) is 0.0909. The summed E-state index contributed by atoms with van der Waals surface area (Å²) in [5.74, 6) is -1.63. The molecule has 7 heteroatoms. The van der Waals surface area contributed by atoms with E-state index in [4.69, 9.17) is 5.11 Å². The molecular weight excluding hydrogens is 236 g/mol. The molecule has 0 spiro atoms. The van der Waals surface area contributed by atoms with Crippen LogP contribution >= 0.6 is 0 Å². The van der Waals surface area contributed by atoms with Crippen molar-refractivity contribution >= 4 is 11.7 Å². The summed E-state index contributed by atoms with van der Waals surface area (Å²) in [6, 6.07) is 8.67. The van der Waals surface area contributed by atoms with Gasteiger partial charge in [-0.05, 0) is 12.1 Å².